The molecule has 2 rings (SSSR count). The van der Waals surface area contributed by atoms with Crippen molar-refractivity contribution in [3.63, 3.8) is 0 Å². The van der Waals surface area contributed by atoms with Crippen LogP contribution in [0, 0.1) is 12.8 Å². The van der Waals surface area contributed by atoms with Crippen molar-refractivity contribution in [1.29, 1.82) is 0 Å². The molecule has 0 saturated carbocycles. The van der Waals surface area contributed by atoms with Crippen LogP contribution in [-0.2, 0) is 0 Å². The van der Waals surface area contributed by atoms with Crippen LogP contribution < -0.4 is 4.90 Å². The molecule has 0 amide bonds. The predicted molar refractivity (Wildman–Crippen MR) is 73.4 cm³/mol. The van der Waals surface area contributed by atoms with Crippen LogP contribution in [0.5, 0.6) is 0 Å². The van der Waals surface area contributed by atoms with Gasteiger partial charge in [0, 0.05) is 13.1 Å². The van der Waals surface area contributed by atoms with Gasteiger partial charge >= 0.3 is 5.97 Å². The summed E-state index contributed by atoms with van der Waals surface area (Å²) in [7, 11) is 0. The number of aryl methyl sites for hydroxylation is 1. The molecular weight excluding hydrogens is 226 g/mol. The fraction of sp³-hybridized carbons (Fsp3) is 0.533. The van der Waals surface area contributed by atoms with Gasteiger partial charge in [-0.2, -0.15) is 0 Å². The van der Waals surface area contributed by atoms with Crippen LogP contribution in [0.1, 0.15) is 42.1 Å². The molecule has 0 unspecified atom stereocenters. The van der Waals surface area contributed by atoms with Gasteiger partial charge in [-0.1, -0.05) is 25.5 Å². The van der Waals surface area contributed by atoms with E-state index in [2.05, 4.69) is 11.8 Å². The van der Waals surface area contributed by atoms with Gasteiger partial charge in [0.05, 0.1) is 11.3 Å². The highest BCUT2D eigenvalue weighted by Crippen LogP contribution is 2.30. The first-order valence-corrected chi connectivity index (χ1v) is 6.71. The molecule has 1 aromatic carbocycles. The van der Waals surface area contributed by atoms with Crippen molar-refractivity contribution in [2.24, 2.45) is 5.92 Å². The lowest BCUT2D eigenvalue weighted by Gasteiger charge is -2.35. The SMILES string of the molecule is CCC1CCN(c2c(C)cccc2C(=O)O)CC1. The summed E-state index contributed by atoms with van der Waals surface area (Å²) < 4.78 is 0. The molecular formula is C15H21NO2. The van der Waals surface area contributed by atoms with Gasteiger partial charge in [0.15, 0.2) is 0 Å². The lowest BCUT2D eigenvalue weighted by Crippen LogP contribution is -2.35. The minimum Gasteiger partial charge on any atom is -0.478 e. The summed E-state index contributed by atoms with van der Waals surface area (Å²) in [5.41, 5.74) is 2.41. The Hall–Kier alpha value is -1.51. The Balaban J connectivity index is 2.26. The number of rotatable bonds is 3. The Morgan fingerprint density at radius 2 is 2.06 bits per heavy atom. The smallest absolute Gasteiger partial charge is 0.337 e. The normalized spacial score (nSPS) is 16.9. The molecule has 1 aromatic rings. The topological polar surface area (TPSA) is 40.5 Å². The maximum Gasteiger partial charge on any atom is 0.337 e. The molecule has 98 valence electrons. The van der Waals surface area contributed by atoms with E-state index in [1.54, 1.807) is 6.07 Å². The number of nitrogens with zero attached hydrogens (tertiary/aromatic N) is 1. The Kier molecular flexibility index (Phi) is 3.90. The standard InChI is InChI=1S/C15H21NO2/c1-3-12-7-9-16(10-8-12)14-11(2)5-4-6-13(14)15(17)18/h4-6,12H,3,7-10H2,1-2H3,(H,17,18). The fourth-order valence-electron chi connectivity index (χ4n) is 2.82. The first kappa shape index (κ1) is 12.9. The molecule has 0 radical (unpaired) electrons. The summed E-state index contributed by atoms with van der Waals surface area (Å²) in [6.45, 7) is 6.18. The Morgan fingerprint density at radius 3 is 2.61 bits per heavy atom. The number of carboxylic acid groups (broad SMARTS) is 1. The molecule has 0 bridgehead atoms. The van der Waals surface area contributed by atoms with Crippen molar-refractivity contribution < 1.29 is 9.90 Å². The number of carbonyl (C=O) groups is 1. The van der Waals surface area contributed by atoms with Gasteiger partial charge in [0.25, 0.3) is 0 Å². The van der Waals surface area contributed by atoms with E-state index in [0.29, 0.717) is 5.56 Å². The van der Waals surface area contributed by atoms with E-state index in [0.717, 1.165) is 30.3 Å². The molecule has 1 heterocycles. The zero-order valence-electron chi connectivity index (χ0n) is 11.1. The zero-order valence-corrected chi connectivity index (χ0v) is 11.1. The molecule has 0 aliphatic carbocycles. The highest BCUT2D eigenvalue weighted by molar-refractivity contribution is 5.95. The van der Waals surface area contributed by atoms with Gasteiger partial charge in [0.1, 0.15) is 0 Å². The largest absolute Gasteiger partial charge is 0.478 e. The number of anilines is 1. The molecule has 0 spiro atoms. The second-order valence-electron chi connectivity index (χ2n) is 5.11. The average molecular weight is 247 g/mol. The predicted octanol–water partition coefficient (Wildman–Crippen LogP) is 3.32. The fourth-order valence-corrected chi connectivity index (χ4v) is 2.82. The molecule has 3 heteroatoms. The molecule has 1 N–H and O–H groups in total. The van der Waals surface area contributed by atoms with E-state index in [4.69, 9.17) is 0 Å². The third-order valence-corrected chi connectivity index (χ3v) is 3.98. The number of hydrogen-bond donors (Lipinski definition) is 1. The number of hydrogen-bond acceptors (Lipinski definition) is 2. The first-order chi connectivity index (χ1) is 8.63. The van der Waals surface area contributed by atoms with E-state index in [1.165, 1.54) is 19.3 Å². The number of aromatic carboxylic acids is 1. The molecule has 0 aromatic heterocycles. The Morgan fingerprint density at radius 1 is 1.39 bits per heavy atom. The quantitative estimate of drug-likeness (QED) is 0.890. The van der Waals surface area contributed by atoms with Gasteiger partial charge in [-0.3, -0.25) is 0 Å². The van der Waals surface area contributed by atoms with Crippen molar-refractivity contribution in [3.05, 3.63) is 29.3 Å². The van der Waals surface area contributed by atoms with Crippen molar-refractivity contribution in [2.45, 2.75) is 33.1 Å². The van der Waals surface area contributed by atoms with Crippen LogP contribution in [0.15, 0.2) is 18.2 Å². The molecule has 1 aliphatic heterocycles. The summed E-state index contributed by atoms with van der Waals surface area (Å²) in [6, 6.07) is 5.52. The van der Waals surface area contributed by atoms with Crippen LogP contribution in [0.25, 0.3) is 0 Å². The van der Waals surface area contributed by atoms with Crippen LogP contribution in [-0.4, -0.2) is 24.2 Å². The summed E-state index contributed by atoms with van der Waals surface area (Å²) in [6.07, 6.45) is 3.57. The molecule has 1 saturated heterocycles. The van der Waals surface area contributed by atoms with E-state index in [9.17, 15) is 9.90 Å². The number of carboxylic acids is 1. The van der Waals surface area contributed by atoms with Crippen molar-refractivity contribution in [1.82, 2.24) is 0 Å². The highest BCUT2D eigenvalue weighted by Gasteiger charge is 2.23. The molecule has 0 atom stereocenters. The maximum atomic E-state index is 11.3. The van der Waals surface area contributed by atoms with Crippen LogP contribution in [0.2, 0.25) is 0 Å². The third kappa shape index (κ3) is 2.50. The van der Waals surface area contributed by atoms with Crippen LogP contribution in [0.3, 0.4) is 0 Å². The zero-order chi connectivity index (χ0) is 13.1. The third-order valence-electron chi connectivity index (χ3n) is 3.98. The maximum absolute atomic E-state index is 11.3. The van der Waals surface area contributed by atoms with E-state index in [1.807, 2.05) is 19.1 Å². The number of piperidine rings is 1. The van der Waals surface area contributed by atoms with Crippen molar-refractivity contribution in [3.8, 4) is 0 Å². The van der Waals surface area contributed by atoms with Gasteiger partial charge in [-0.25, -0.2) is 4.79 Å². The van der Waals surface area contributed by atoms with E-state index < -0.39 is 5.97 Å². The summed E-state index contributed by atoms with van der Waals surface area (Å²) >= 11 is 0. The second-order valence-corrected chi connectivity index (χ2v) is 5.11. The highest BCUT2D eigenvalue weighted by atomic mass is 16.4. The molecule has 1 aliphatic rings. The number of para-hydroxylation sites is 1. The monoisotopic (exact) mass is 247 g/mol. The van der Waals surface area contributed by atoms with Gasteiger partial charge in [0.2, 0.25) is 0 Å². The van der Waals surface area contributed by atoms with E-state index in [-0.39, 0.29) is 0 Å². The van der Waals surface area contributed by atoms with Crippen molar-refractivity contribution >= 4 is 11.7 Å². The second kappa shape index (κ2) is 5.42. The Labute approximate surface area is 108 Å². The van der Waals surface area contributed by atoms with Crippen molar-refractivity contribution in [2.75, 3.05) is 18.0 Å². The van der Waals surface area contributed by atoms with Gasteiger partial charge < -0.3 is 10.0 Å². The van der Waals surface area contributed by atoms with E-state index >= 15 is 0 Å². The minimum absolute atomic E-state index is 0.435. The van der Waals surface area contributed by atoms with Crippen LogP contribution in [0.4, 0.5) is 5.69 Å². The van der Waals surface area contributed by atoms with Crippen LogP contribution >= 0.6 is 0 Å². The minimum atomic E-state index is -0.827. The molecule has 1 fully saturated rings. The van der Waals surface area contributed by atoms with Gasteiger partial charge in [-0.05, 0) is 37.3 Å². The summed E-state index contributed by atoms with van der Waals surface area (Å²) in [5.74, 6) is -0.0233. The average Bonchev–Trinajstić information content (AvgIpc) is 2.38. The molecule has 18 heavy (non-hydrogen) atoms. The lowest BCUT2D eigenvalue weighted by molar-refractivity contribution is 0.0697. The Bertz CT molecular complexity index is 434. The summed E-state index contributed by atoms with van der Waals surface area (Å²) in [4.78, 5) is 13.6. The van der Waals surface area contributed by atoms with Gasteiger partial charge in [-0.15, -0.1) is 0 Å². The first-order valence-electron chi connectivity index (χ1n) is 6.71. The lowest BCUT2D eigenvalue weighted by atomic mass is 9.93. The molecule has 3 nitrogen and oxygen atoms in total. The summed E-state index contributed by atoms with van der Waals surface area (Å²) in [5, 5.41) is 9.29. The number of benzene rings is 1.